The lowest BCUT2D eigenvalue weighted by Crippen LogP contribution is -2.41. The molecular formula is C26H25N5OS. The van der Waals surface area contributed by atoms with Crippen molar-refractivity contribution in [1.82, 2.24) is 14.9 Å². The average molecular weight is 456 g/mol. The highest BCUT2D eigenvalue weighted by Gasteiger charge is 2.38. The van der Waals surface area contributed by atoms with E-state index in [2.05, 4.69) is 59.1 Å². The molecule has 0 aliphatic carbocycles. The summed E-state index contributed by atoms with van der Waals surface area (Å²) in [7, 11) is 0. The number of rotatable bonds is 5. The van der Waals surface area contributed by atoms with Crippen LogP contribution in [0.3, 0.4) is 0 Å². The van der Waals surface area contributed by atoms with Crippen LogP contribution in [0.2, 0.25) is 0 Å². The molecule has 0 radical (unpaired) electrons. The van der Waals surface area contributed by atoms with Crippen molar-refractivity contribution < 1.29 is 4.79 Å². The molecule has 2 N–H and O–H groups in total. The second-order valence-electron chi connectivity index (χ2n) is 8.10. The Morgan fingerprint density at radius 2 is 1.73 bits per heavy atom. The topological polar surface area (TPSA) is 71.8 Å². The highest BCUT2D eigenvalue weighted by molar-refractivity contribution is 8.00. The van der Waals surface area contributed by atoms with Crippen LogP contribution in [0.1, 0.15) is 29.7 Å². The first-order valence-electron chi connectivity index (χ1n) is 11.0. The van der Waals surface area contributed by atoms with Crippen molar-refractivity contribution in [1.29, 1.82) is 0 Å². The monoisotopic (exact) mass is 455 g/mol. The van der Waals surface area contributed by atoms with Gasteiger partial charge in [-0.1, -0.05) is 91.0 Å². The molecule has 2 unspecified atom stereocenters. The molecule has 5 rings (SSSR count). The number of aromatic nitrogens is 3. The van der Waals surface area contributed by atoms with Gasteiger partial charge in [0.1, 0.15) is 5.25 Å². The van der Waals surface area contributed by atoms with Crippen LogP contribution in [0.5, 0.6) is 0 Å². The first-order chi connectivity index (χ1) is 16.1. The molecule has 166 valence electrons. The molecule has 4 aromatic rings. The van der Waals surface area contributed by atoms with Gasteiger partial charge in [-0.15, -0.1) is 10.2 Å². The summed E-state index contributed by atoms with van der Waals surface area (Å²) < 4.78 is 1.89. The van der Waals surface area contributed by atoms with Crippen molar-refractivity contribution >= 4 is 23.4 Å². The third-order valence-corrected chi connectivity index (χ3v) is 7.01. The molecule has 1 aromatic heterocycles. The Bertz CT molecular complexity index is 1250. The number of fused-ring (bicyclic) bond motifs is 1. The molecule has 2 atom stereocenters. The zero-order chi connectivity index (χ0) is 22.8. The summed E-state index contributed by atoms with van der Waals surface area (Å²) in [5.74, 6) is 0.655. The summed E-state index contributed by atoms with van der Waals surface area (Å²) in [5.41, 5.74) is 8.73. The third kappa shape index (κ3) is 4.36. The quantitative estimate of drug-likeness (QED) is 0.432. The largest absolute Gasteiger partial charge is 0.325 e. The predicted octanol–water partition coefficient (Wildman–Crippen LogP) is 5.21. The summed E-state index contributed by atoms with van der Waals surface area (Å²) in [6.07, 6.45) is 0.964. The van der Waals surface area contributed by atoms with Gasteiger partial charge in [0, 0.05) is 11.3 Å². The Balaban J connectivity index is 1.48. The summed E-state index contributed by atoms with van der Waals surface area (Å²) in [6.45, 7) is 4.17. The molecule has 1 aliphatic rings. The standard InChI is InChI=1S/C26H25N5OS/c1-3-18-11-15-21(16-12-18)27-25(32)23-22(19-13-9-17(2)10-14-19)30-31-24(28-29-26(31)33-23)20-7-5-4-6-8-20/h4-16,22-23,30H,3H2,1-2H3,(H,27,32). The van der Waals surface area contributed by atoms with E-state index in [1.165, 1.54) is 22.9 Å². The maximum atomic E-state index is 13.4. The van der Waals surface area contributed by atoms with Crippen LogP contribution in [-0.2, 0) is 11.2 Å². The van der Waals surface area contributed by atoms with Crippen molar-refractivity contribution in [3.05, 3.63) is 95.6 Å². The number of hydrogen-bond acceptors (Lipinski definition) is 5. The smallest absolute Gasteiger partial charge is 0.240 e. The third-order valence-electron chi connectivity index (χ3n) is 5.79. The van der Waals surface area contributed by atoms with Gasteiger partial charge in [-0.25, -0.2) is 4.68 Å². The second-order valence-corrected chi connectivity index (χ2v) is 9.21. The van der Waals surface area contributed by atoms with Gasteiger partial charge in [-0.3, -0.25) is 4.79 Å². The van der Waals surface area contributed by atoms with Crippen LogP contribution in [-0.4, -0.2) is 26.0 Å². The van der Waals surface area contributed by atoms with E-state index in [0.717, 1.165) is 29.1 Å². The van der Waals surface area contributed by atoms with Crippen LogP contribution in [0.25, 0.3) is 11.4 Å². The van der Waals surface area contributed by atoms with E-state index in [4.69, 9.17) is 0 Å². The molecule has 6 nitrogen and oxygen atoms in total. The van der Waals surface area contributed by atoms with Crippen LogP contribution in [0.4, 0.5) is 5.69 Å². The lowest BCUT2D eigenvalue weighted by Gasteiger charge is -2.33. The predicted molar refractivity (Wildman–Crippen MR) is 133 cm³/mol. The summed E-state index contributed by atoms with van der Waals surface area (Å²) in [6, 6.07) is 26.0. The molecule has 1 amide bonds. The number of hydrogen-bond donors (Lipinski definition) is 2. The minimum atomic E-state index is -0.418. The van der Waals surface area contributed by atoms with Crippen molar-refractivity contribution in [3.8, 4) is 11.4 Å². The molecule has 0 fully saturated rings. The van der Waals surface area contributed by atoms with Gasteiger partial charge in [0.05, 0.1) is 6.04 Å². The lowest BCUT2D eigenvalue weighted by molar-refractivity contribution is -0.116. The Labute approximate surface area is 197 Å². The molecule has 33 heavy (non-hydrogen) atoms. The molecule has 1 aliphatic heterocycles. The number of carbonyl (C=O) groups is 1. The summed E-state index contributed by atoms with van der Waals surface area (Å²) >= 11 is 1.43. The zero-order valence-corrected chi connectivity index (χ0v) is 19.3. The molecule has 0 spiro atoms. The normalized spacial score (nSPS) is 17.2. The number of nitrogens with zero attached hydrogens (tertiary/aromatic N) is 3. The van der Waals surface area contributed by atoms with Crippen LogP contribution < -0.4 is 10.7 Å². The Morgan fingerprint density at radius 1 is 1.00 bits per heavy atom. The van der Waals surface area contributed by atoms with Crippen LogP contribution >= 0.6 is 11.8 Å². The van der Waals surface area contributed by atoms with Gasteiger partial charge in [0.25, 0.3) is 0 Å². The number of aryl methyl sites for hydroxylation is 2. The Hall–Kier alpha value is -3.58. The van der Waals surface area contributed by atoms with E-state index >= 15 is 0 Å². The molecule has 0 saturated carbocycles. The SMILES string of the molecule is CCc1ccc(NC(=O)C2Sc3nnc(-c4ccccc4)n3NC2c2ccc(C)cc2)cc1. The van der Waals surface area contributed by atoms with E-state index in [0.29, 0.717) is 5.16 Å². The van der Waals surface area contributed by atoms with Gasteiger partial charge < -0.3 is 10.7 Å². The van der Waals surface area contributed by atoms with Crippen LogP contribution in [0.15, 0.2) is 84.0 Å². The maximum Gasteiger partial charge on any atom is 0.240 e. The highest BCUT2D eigenvalue weighted by Crippen LogP contribution is 2.39. The molecule has 7 heteroatoms. The molecular weight excluding hydrogens is 430 g/mol. The lowest BCUT2D eigenvalue weighted by atomic mass is 10.0. The molecule has 0 saturated heterocycles. The van der Waals surface area contributed by atoms with E-state index in [-0.39, 0.29) is 11.9 Å². The van der Waals surface area contributed by atoms with Gasteiger partial charge in [-0.2, -0.15) is 0 Å². The second kappa shape index (κ2) is 9.11. The number of benzene rings is 3. The first-order valence-corrected chi connectivity index (χ1v) is 11.9. The number of nitrogens with one attached hydrogen (secondary N) is 2. The van der Waals surface area contributed by atoms with Gasteiger partial charge in [-0.05, 0) is 36.6 Å². The average Bonchev–Trinajstić information content (AvgIpc) is 3.28. The number of carbonyl (C=O) groups excluding carboxylic acids is 1. The van der Waals surface area contributed by atoms with Crippen LogP contribution in [0, 0.1) is 6.92 Å². The highest BCUT2D eigenvalue weighted by atomic mass is 32.2. The molecule has 2 heterocycles. The number of thioether (sulfide) groups is 1. The summed E-state index contributed by atoms with van der Waals surface area (Å²) in [5, 5.41) is 12.1. The summed E-state index contributed by atoms with van der Waals surface area (Å²) in [4.78, 5) is 13.4. The number of anilines is 1. The fraction of sp³-hybridized carbons (Fsp3) is 0.192. The van der Waals surface area contributed by atoms with Gasteiger partial charge in [0.15, 0.2) is 5.82 Å². The van der Waals surface area contributed by atoms with Gasteiger partial charge in [0.2, 0.25) is 11.1 Å². The Kier molecular flexibility index (Phi) is 5.88. The van der Waals surface area contributed by atoms with Crippen molar-refractivity contribution in [2.24, 2.45) is 0 Å². The fourth-order valence-electron chi connectivity index (χ4n) is 3.89. The van der Waals surface area contributed by atoms with Crippen molar-refractivity contribution in [3.63, 3.8) is 0 Å². The minimum Gasteiger partial charge on any atom is -0.325 e. The van der Waals surface area contributed by atoms with Gasteiger partial charge >= 0.3 is 0 Å². The maximum absolute atomic E-state index is 13.4. The molecule has 0 bridgehead atoms. The van der Waals surface area contributed by atoms with E-state index in [1.54, 1.807) is 0 Å². The first kappa shape index (κ1) is 21.3. The van der Waals surface area contributed by atoms with E-state index < -0.39 is 5.25 Å². The molecule has 3 aromatic carbocycles. The van der Waals surface area contributed by atoms with Crippen molar-refractivity contribution in [2.45, 2.75) is 36.7 Å². The van der Waals surface area contributed by atoms with E-state index in [9.17, 15) is 4.79 Å². The minimum absolute atomic E-state index is 0.0714. The fourth-order valence-corrected chi connectivity index (χ4v) is 4.97. The Morgan fingerprint density at radius 3 is 2.42 bits per heavy atom. The number of amides is 1. The zero-order valence-electron chi connectivity index (χ0n) is 18.5. The van der Waals surface area contributed by atoms with Crippen molar-refractivity contribution in [2.75, 3.05) is 10.7 Å². The van der Waals surface area contributed by atoms with E-state index in [1.807, 2.05) is 59.3 Å².